The Kier molecular flexibility index (Phi) is 4.12. The molecule has 0 saturated heterocycles. The molecule has 0 radical (unpaired) electrons. The minimum atomic E-state index is 0.0364. The Morgan fingerprint density at radius 1 is 1.29 bits per heavy atom. The number of rotatable bonds is 5. The molecule has 0 atom stereocenters. The molecule has 1 aliphatic rings. The van der Waals surface area contributed by atoms with Crippen LogP contribution in [0.25, 0.3) is 0 Å². The molecule has 1 aliphatic carbocycles. The van der Waals surface area contributed by atoms with Gasteiger partial charge in [-0.3, -0.25) is 4.79 Å². The number of hydrogen-bond donors (Lipinski definition) is 3. The highest BCUT2D eigenvalue weighted by atomic mass is 16.1. The second-order valence-electron chi connectivity index (χ2n) is 4.57. The summed E-state index contributed by atoms with van der Waals surface area (Å²) in [6.07, 6.45) is 1.96. The summed E-state index contributed by atoms with van der Waals surface area (Å²) in [5.41, 5.74) is 6.79. The van der Waals surface area contributed by atoms with Crippen LogP contribution in [0.2, 0.25) is 0 Å². The molecule has 17 heavy (non-hydrogen) atoms. The molecule has 4 heteroatoms. The third-order valence-corrected chi connectivity index (χ3v) is 3.06. The van der Waals surface area contributed by atoms with Gasteiger partial charge in [0.15, 0.2) is 0 Å². The molecule has 0 heterocycles. The van der Waals surface area contributed by atoms with Gasteiger partial charge in [0.1, 0.15) is 0 Å². The second kappa shape index (κ2) is 5.80. The summed E-state index contributed by atoms with van der Waals surface area (Å²) in [5, 5.41) is 6.07. The van der Waals surface area contributed by atoms with Crippen molar-refractivity contribution in [3.63, 3.8) is 0 Å². The highest BCUT2D eigenvalue weighted by Crippen LogP contribution is 2.16. The van der Waals surface area contributed by atoms with E-state index in [0.717, 1.165) is 18.4 Å². The maximum Gasteiger partial charge on any atom is 0.234 e. The molecule has 0 aliphatic heterocycles. The Labute approximate surface area is 102 Å². The molecule has 0 spiro atoms. The Morgan fingerprint density at radius 3 is 2.65 bits per heavy atom. The Morgan fingerprint density at radius 2 is 2.00 bits per heavy atom. The van der Waals surface area contributed by atoms with Gasteiger partial charge in [0.25, 0.3) is 0 Å². The smallest absolute Gasteiger partial charge is 0.234 e. The lowest BCUT2D eigenvalue weighted by atomic mass is 9.88. The van der Waals surface area contributed by atoms with E-state index >= 15 is 0 Å². The number of carbonyl (C=O) groups is 1. The van der Waals surface area contributed by atoms with E-state index in [2.05, 4.69) is 10.6 Å². The van der Waals surface area contributed by atoms with Crippen LogP contribution < -0.4 is 16.4 Å². The Balaban J connectivity index is 1.61. The summed E-state index contributed by atoms with van der Waals surface area (Å²) in [4.78, 5) is 11.5. The zero-order chi connectivity index (χ0) is 12.1. The summed E-state index contributed by atoms with van der Waals surface area (Å²) in [7, 11) is 0. The Hall–Kier alpha value is -1.39. The van der Waals surface area contributed by atoms with Crippen molar-refractivity contribution in [1.29, 1.82) is 0 Å². The molecule has 4 nitrogen and oxygen atoms in total. The van der Waals surface area contributed by atoms with Gasteiger partial charge >= 0.3 is 0 Å². The van der Waals surface area contributed by atoms with Gasteiger partial charge in [-0.2, -0.15) is 0 Å². The number of amides is 1. The highest BCUT2D eigenvalue weighted by molar-refractivity contribution is 5.78. The van der Waals surface area contributed by atoms with E-state index in [1.807, 2.05) is 30.3 Å². The standard InChI is InChI=1S/C13H19N3O/c14-11-6-12(7-11)15-9-13(17)16-8-10-4-2-1-3-5-10/h1-5,11-12,15H,6-9,14H2,(H,16,17). The van der Waals surface area contributed by atoms with Crippen molar-refractivity contribution in [3.8, 4) is 0 Å². The van der Waals surface area contributed by atoms with Crippen molar-refractivity contribution < 1.29 is 4.79 Å². The largest absolute Gasteiger partial charge is 0.351 e. The SMILES string of the molecule is NC1CC(NCC(=O)NCc2ccccc2)C1. The lowest BCUT2D eigenvalue weighted by molar-refractivity contribution is -0.120. The molecule has 1 fully saturated rings. The van der Waals surface area contributed by atoms with Gasteiger partial charge in [-0.15, -0.1) is 0 Å². The maximum atomic E-state index is 11.5. The minimum Gasteiger partial charge on any atom is -0.351 e. The zero-order valence-electron chi connectivity index (χ0n) is 9.86. The number of carbonyl (C=O) groups excluding carboxylic acids is 1. The molecule has 0 unspecified atom stereocenters. The minimum absolute atomic E-state index is 0.0364. The summed E-state index contributed by atoms with van der Waals surface area (Å²) in [6.45, 7) is 0.968. The number of hydrogen-bond acceptors (Lipinski definition) is 3. The van der Waals surface area contributed by atoms with Crippen molar-refractivity contribution in [2.45, 2.75) is 31.5 Å². The van der Waals surface area contributed by atoms with Crippen LogP contribution in [0.3, 0.4) is 0 Å². The van der Waals surface area contributed by atoms with Gasteiger partial charge in [0.05, 0.1) is 6.54 Å². The van der Waals surface area contributed by atoms with Crippen LogP contribution >= 0.6 is 0 Å². The Bertz CT molecular complexity index is 360. The van der Waals surface area contributed by atoms with Gasteiger partial charge in [-0.1, -0.05) is 30.3 Å². The molecular weight excluding hydrogens is 214 g/mol. The number of nitrogens with one attached hydrogen (secondary N) is 2. The van der Waals surface area contributed by atoms with Gasteiger partial charge in [-0.25, -0.2) is 0 Å². The molecule has 1 amide bonds. The number of nitrogens with two attached hydrogens (primary N) is 1. The topological polar surface area (TPSA) is 67.1 Å². The van der Waals surface area contributed by atoms with Crippen molar-refractivity contribution in [1.82, 2.24) is 10.6 Å². The normalized spacial score (nSPS) is 22.9. The van der Waals surface area contributed by atoms with Crippen LogP contribution in [0.4, 0.5) is 0 Å². The van der Waals surface area contributed by atoms with Crippen molar-refractivity contribution >= 4 is 5.91 Å². The predicted octanol–water partition coefficient (Wildman–Crippen LogP) is 0.382. The molecule has 1 aromatic rings. The van der Waals surface area contributed by atoms with E-state index in [1.165, 1.54) is 0 Å². The molecule has 1 saturated carbocycles. The highest BCUT2D eigenvalue weighted by Gasteiger charge is 2.25. The molecule has 1 aromatic carbocycles. The number of benzene rings is 1. The van der Waals surface area contributed by atoms with Gasteiger partial charge < -0.3 is 16.4 Å². The van der Waals surface area contributed by atoms with Crippen molar-refractivity contribution in [3.05, 3.63) is 35.9 Å². The fourth-order valence-electron chi connectivity index (χ4n) is 1.92. The van der Waals surface area contributed by atoms with Crippen LogP contribution in [0.1, 0.15) is 18.4 Å². The molecule has 0 aromatic heterocycles. The fourth-order valence-corrected chi connectivity index (χ4v) is 1.92. The van der Waals surface area contributed by atoms with E-state index in [0.29, 0.717) is 25.2 Å². The molecule has 0 bridgehead atoms. The molecule has 92 valence electrons. The average Bonchev–Trinajstić information content (AvgIpc) is 2.32. The van der Waals surface area contributed by atoms with E-state index in [1.54, 1.807) is 0 Å². The zero-order valence-corrected chi connectivity index (χ0v) is 9.86. The van der Waals surface area contributed by atoms with Crippen LogP contribution in [-0.4, -0.2) is 24.5 Å². The maximum absolute atomic E-state index is 11.5. The predicted molar refractivity (Wildman–Crippen MR) is 67.3 cm³/mol. The monoisotopic (exact) mass is 233 g/mol. The quantitative estimate of drug-likeness (QED) is 0.689. The summed E-state index contributed by atoms with van der Waals surface area (Å²) >= 11 is 0. The molecule has 4 N–H and O–H groups in total. The van der Waals surface area contributed by atoms with E-state index in [-0.39, 0.29) is 5.91 Å². The average molecular weight is 233 g/mol. The first kappa shape index (κ1) is 12.1. The summed E-state index contributed by atoms with van der Waals surface area (Å²) in [6, 6.07) is 10.6. The first-order valence-corrected chi connectivity index (χ1v) is 6.03. The molecule has 2 rings (SSSR count). The van der Waals surface area contributed by atoms with Gasteiger partial charge in [0, 0.05) is 18.6 Å². The first-order valence-electron chi connectivity index (χ1n) is 6.03. The van der Waals surface area contributed by atoms with Crippen LogP contribution in [-0.2, 0) is 11.3 Å². The van der Waals surface area contributed by atoms with Gasteiger partial charge in [-0.05, 0) is 18.4 Å². The van der Waals surface area contributed by atoms with Crippen LogP contribution in [0.15, 0.2) is 30.3 Å². The van der Waals surface area contributed by atoms with Gasteiger partial charge in [0.2, 0.25) is 5.91 Å². The lowest BCUT2D eigenvalue weighted by Gasteiger charge is -2.32. The van der Waals surface area contributed by atoms with Crippen molar-refractivity contribution in [2.24, 2.45) is 5.73 Å². The summed E-state index contributed by atoms with van der Waals surface area (Å²) in [5.74, 6) is 0.0364. The van der Waals surface area contributed by atoms with Crippen LogP contribution in [0.5, 0.6) is 0 Å². The lowest BCUT2D eigenvalue weighted by Crippen LogP contribution is -2.50. The second-order valence-corrected chi connectivity index (χ2v) is 4.57. The fraction of sp³-hybridized carbons (Fsp3) is 0.462. The van der Waals surface area contributed by atoms with Crippen molar-refractivity contribution in [2.75, 3.05) is 6.54 Å². The van der Waals surface area contributed by atoms with E-state index < -0.39 is 0 Å². The summed E-state index contributed by atoms with van der Waals surface area (Å²) < 4.78 is 0. The van der Waals surface area contributed by atoms with E-state index in [4.69, 9.17) is 5.73 Å². The first-order chi connectivity index (χ1) is 8.24. The third-order valence-electron chi connectivity index (χ3n) is 3.06. The van der Waals surface area contributed by atoms with E-state index in [9.17, 15) is 4.79 Å². The van der Waals surface area contributed by atoms with Crippen LogP contribution in [0, 0.1) is 0 Å². The molecular formula is C13H19N3O. The third kappa shape index (κ3) is 3.84.